The third-order valence-electron chi connectivity index (χ3n) is 6.03. The molecule has 1 aromatic heterocycles. The Labute approximate surface area is 187 Å². The molecular weight excluding hydrogens is 428 g/mol. The number of piperidine rings is 1. The predicted molar refractivity (Wildman–Crippen MR) is 124 cm³/mol. The minimum Gasteiger partial charge on any atom is -0.451 e. The number of amides is 1. The van der Waals surface area contributed by atoms with Crippen LogP contribution in [0.2, 0.25) is 0 Å². The summed E-state index contributed by atoms with van der Waals surface area (Å²) in [6.45, 7) is 6.25. The fraction of sp³-hybridized carbons (Fsp3) is 0.333. The molecule has 1 aliphatic heterocycles. The Morgan fingerprint density at radius 3 is 2.44 bits per heavy atom. The van der Waals surface area contributed by atoms with Gasteiger partial charge in [-0.15, -0.1) is 0 Å². The highest BCUT2D eigenvalue weighted by Crippen LogP contribution is 2.26. The van der Waals surface area contributed by atoms with Crippen molar-refractivity contribution in [2.75, 3.05) is 11.9 Å². The zero-order valence-corrected chi connectivity index (χ0v) is 19.2. The van der Waals surface area contributed by atoms with Crippen molar-refractivity contribution in [1.82, 2.24) is 4.31 Å². The second-order valence-electron chi connectivity index (χ2n) is 8.35. The van der Waals surface area contributed by atoms with Gasteiger partial charge in [-0.25, -0.2) is 8.42 Å². The molecule has 7 nitrogen and oxygen atoms in total. The summed E-state index contributed by atoms with van der Waals surface area (Å²) in [5.41, 5.74) is 2.39. The summed E-state index contributed by atoms with van der Waals surface area (Å²) in [5, 5.41) is 3.09. The SMILES string of the molecule is Cc1cc2oc(C(=O)Nc3ccc(S(=O)(=O)N4CCCC[C@@H]4C)cc3)cc(=O)c2cc1C. The maximum atomic E-state index is 13.0. The molecule has 0 radical (unpaired) electrons. The van der Waals surface area contributed by atoms with Crippen molar-refractivity contribution in [2.24, 2.45) is 0 Å². The third kappa shape index (κ3) is 4.20. The van der Waals surface area contributed by atoms with E-state index in [9.17, 15) is 18.0 Å². The fourth-order valence-electron chi connectivity index (χ4n) is 3.99. The molecule has 2 aromatic carbocycles. The molecule has 1 saturated heterocycles. The van der Waals surface area contributed by atoms with E-state index in [0.29, 0.717) is 23.2 Å². The summed E-state index contributed by atoms with van der Waals surface area (Å²) in [6, 6.07) is 10.7. The summed E-state index contributed by atoms with van der Waals surface area (Å²) < 4.78 is 33.1. The first-order valence-corrected chi connectivity index (χ1v) is 12.1. The van der Waals surface area contributed by atoms with Crippen LogP contribution < -0.4 is 10.7 Å². The van der Waals surface area contributed by atoms with E-state index in [4.69, 9.17) is 4.42 Å². The van der Waals surface area contributed by atoms with Crippen LogP contribution >= 0.6 is 0 Å². The molecule has 1 N–H and O–H groups in total. The van der Waals surface area contributed by atoms with Gasteiger partial charge in [0.15, 0.2) is 11.2 Å². The van der Waals surface area contributed by atoms with Crippen LogP contribution in [0.3, 0.4) is 0 Å². The van der Waals surface area contributed by atoms with E-state index in [1.165, 1.54) is 34.6 Å². The van der Waals surface area contributed by atoms with Crippen LogP contribution in [0.1, 0.15) is 47.9 Å². The molecule has 4 rings (SSSR count). The molecule has 1 amide bonds. The van der Waals surface area contributed by atoms with Crippen molar-refractivity contribution in [3.63, 3.8) is 0 Å². The Kier molecular flexibility index (Phi) is 5.92. The Bertz CT molecular complexity index is 1340. The lowest BCUT2D eigenvalue weighted by molar-refractivity contribution is 0.0997. The average Bonchev–Trinajstić information content (AvgIpc) is 2.75. The van der Waals surface area contributed by atoms with E-state index in [-0.39, 0.29) is 22.1 Å². The molecule has 1 fully saturated rings. The molecule has 32 heavy (non-hydrogen) atoms. The monoisotopic (exact) mass is 454 g/mol. The first-order chi connectivity index (χ1) is 15.2. The highest BCUT2D eigenvalue weighted by molar-refractivity contribution is 7.89. The van der Waals surface area contributed by atoms with E-state index in [1.54, 1.807) is 12.1 Å². The van der Waals surface area contributed by atoms with E-state index in [1.807, 2.05) is 20.8 Å². The van der Waals surface area contributed by atoms with Gasteiger partial charge in [-0.1, -0.05) is 6.42 Å². The van der Waals surface area contributed by atoms with Gasteiger partial charge >= 0.3 is 0 Å². The standard InChI is InChI=1S/C24H26N2O5S/c1-15-12-20-21(27)14-23(31-22(20)13-16(15)2)24(28)25-18-7-9-19(10-8-18)32(29,30)26-11-5-4-6-17(26)3/h7-10,12-14,17H,4-6,11H2,1-3H3,(H,25,28)/t17-/m0/s1. The number of carbonyl (C=O) groups is 1. The molecule has 2 heterocycles. The topological polar surface area (TPSA) is 96.7 Å². The number of sulfonamides is 1. The second-order valence-corrected chi connectivity index (χ2v) is 10.2. The van der Waals surface area contributed by atoms with Gasteiger partial charge in [-0.05, 0) is 81.1 Å². The van der Waals surface area contributed by atoms with Crippen molar-refractivity contribution >= 4 is 32.6 Å². The molecule has 0 unspecified atom stereocenters. The quantitative estimate of drug-likeness (QED) is 0.636. The van der Waals surface area contributed by atoms with Gasteiger partial charge < -0.3 is 9.73 Å². The van der Waals surface area contributed by atoms with Gasteiger partial charge in [0.25, 0.3) is 5.91 Å². The van der Waals surface area contributed by atoms with E-state index >= 15 is 0 Å². The lowest BCUT2D eigenvalue weighted by atomic mass is 10.1. The zero-order valence-electron chi connectivity index (χ0n) is 18.3. The van der Waals surface area contributed by atoms with Crippen LogP contribution in [0.15, 0.2) is 56.6 Å². The van der Waals surface area contributed by atoms with Crippen molar-refractivity contribution in [1.29, 1.82) is 0 Å². The molecule has 1 aliphatic rings. The summed E-state index contributed by atoms with van der Waals surface area (Å²) in [6.07, 6.45) is 2.74. The molecule has 1 atom stereocenters. The second kappa shape index (κ2) is 8.52. The molecule has 168 valence electrons. The van der Waals surface area contributed by atoms with E-state index < -0.39 is 15.9 Å². The van der Waals surface area contributed by atoms with Crippen LogP contribution in [0.4, 0.5) is 5.69 Å². The lowest BCUT2D eigenvalue weighted by Gasteiger charge is -2.32. The predicted octanol–water partition coefficient (Wildman–Crippen LogP) is 4.23. The Hall–Kier alpha value is -2.97. The third-order valence-corrected chi connectivity index (χ3v) is 8.06. The van der Waals surface area contributed by atoms with Crippen LogP contribution in [-0.4, -0.2) is 31.2 Å². The normalized spacial score (nSPS) is 17.4. The summed E-state index contributed by atoms with van der Waals surface area (Å²) in [7, 11) is -3.59. The van der Waals surface area contributed by atoms with Gasteiger partial charge in [-0.3, -0.25) is 9.59 Å². The number of benzene rings is 2. The van der Waals surface area contributed by atoms with Gasteiger partial charge in [0.2, 0.25) is 10.0 Å². The summed E-state index contributed by atoms with van der Waals surface area (Å²) >= 11 is 0. The number of nitrogens with one attached hydrogen (secondary N) is 1. The maximum Gasteiger partial charge on any atom is 0.291 e. The Morgan fingerprint density at radius 1 is 1.06 bits per heavy atom. The highest BCUT2D eigenvalue weighted by Gasteiger charge is 2.30. The van der Waals surface area contributed by atoms with E-state index in [2.05, 4.69) is 5.32 Å². The Balaban J connectivity index is 1.55. The average molecular weight is 455 g/mol. The number of nitrogens with zero attached hydrogens (tertiary/aromatic N) is 1. The minimum atomic E-state index is -3.59. The van der Waals surface area contributed by atoms with Crippen LogP contribution in [0, 0.1) is 13.8 Å². The Morgan fingerprint density at radius 2 is 1.75 bits per heavy atom. The smallest absolute Gasteiger partial charge is 0.291 e. The van der Waals surface area contributed by atoms with Gasteiger partial charge in [0.1, 0.15) is 5.58 Å². The number of aryl methyl sites for hydroxylation is 2. The number of rotatable bonds is 4. The number of fused-ring (bicyclic) bond motifs is 1. The summed E-state index contributed by atoms with van der Waals surface area (Å²) in [4.78, 5) is 25.3. The minimum absolute atomic E-state index is 0.0312. The first-order valence-electron chi connectivity index (χ1n) is 10.6. The molecule has 8 heteroatoms. The first kappa shape index (κ1) is 22.2. The number of carbonyl (C=O) groups excluding carboxylic acids is 1. The van der Waals surface area contributed by atoms with Crippen molar-refractivity contribution in [3.8, 4) is 0 Å². The fourth-order valence-corrected chi connectivity index (χ4v) is 5.69. The van der Waals surface area contributed by atoms with Crippen LogP contribution in [0.5, 0.6) is 0 Å². The maximum absolute atomic E-state index is 13.0. The molecule has 0 spiro atoms. The highest BCUT2D eigenvalue weighted by atomic mass is 32.2. The number of anilines is 1. The molecule has 0 bridgehead atoms. The molecule has 0 aliphatic carbocycles. The largest absolute Gasteiger partial charge is 0.451 e. The number of hydrogen-bond acceptors (Lipinski definition) is 5. The molecule has 3 aromatic rings. The zero-order chi connectivity index (χ0) is 23.0. The summed E-state index contributed by atoms with van der Waals surface area (Å²) in [5.74, 6) is -0.688. The number of hydrogen-bond donors (Lipinski definition) is 1. The molecule has 0 saturated carbocycles. The van der Waals surface area contributed by atoms with Gasteiger partial charge in [-0.2, -0.15) is 4.31 Å². The van der Waals surface area contributed by atoms with Crippen molar-refractivity contribution < 1.29 is 17.6 Å². The van der Waals surface area contributed by atoms with E-state index in [0.717, 1.165) is 30.4 Å². The van der Waals surface area contributed by atoms with Gasteiger partial charge in [0, 0.05) is 24.3 Å². The molecular formula is C24H26N2O5S. The van der Waals surface area contributed by atoms with Gasteiger partial charge in [0.05, 0.1) is 10.3 Å². The van der Waals surface area contributed by atoms with Crippen LogP contribution in [0.25, 0.3) is 11.0 Å². The van der Waals surface area contributed by atoms with Crippen LogP contribution in [-0.2, 0) is 10.0 Å². The lowest BCUT2D eigenvalue weighted by Crippen LogP contribution is -2.41. The van der Waals surface area contributed by atoms with Crippen molar-refractivity contribution in [2.45, 2.75) is 51.0 Å². The van der Waals surface area contributed by atoms with Crippen molar-refractivity contribution in [3.05, 3.63) is 69.6 Å².